The molecule has 6 heteroatoms. The first-order valence-electron chi connectivity index (χ1n) is 6.50. The number of carbonyl (C=O) groups excluding carboxylic acids is 2. The highest BCUT2D eigenvalue weighted by Crippen LogP contribution is 2.27. The Morgan fingerprint density at radius 3 is 2.57 bits per heavy atom. The number of rotatable bonds is 2. The molecular formula is C15H18N2O4. The monoisotopic (exact) mass is 290 g/mol. The van der Waals surface area contributed by atoms with Crippen molar-refractivity contribution in [1.82, 2.24) is 4.98 Å². The van der Waals surface area contributed by atoms with E-state index >= 15 is 0 Å². The number of nitrogens with one attached hydrogen (secondary N) is 2. The molecule has 0 aliphatic rings. The van der Waals surface area contributed by atoms with Crippen molar-refractivity contribution < 1.29 is 19.1 Å². The lowest BCUT2D eigenvalue weighted by Gasteiger charge is -2.20. The van der Waals surface area contributed by atoms with Gasteiger partial charge >= 0.3 is 12.1 Å². The first kappa shape index (κ1) is 14.9. The van der Waals surface area contributed by atoms with Crippen LogP contribution >= 0.6 is 0 Å². The molecule has 0 atom stereocenters. The van der Waals surface area contributed by atoms with Crippen molar-refractivity contribution in [3.63, 3.8) is 0 Å². The minimum absolute atomic E-state index is 0.360. The van der Waals surface area contributed by atoms with Crippen molar-refractivity contribution in [1.29, 1.82) is 0 Å². The summed E-state index contributed by atoms with van der Waals surface area (Å²) >= 11 is 0. The second-order valence-electron chi connectivity index (χ2n) is 5.55. The Hall–Kier alpha value is -2.50. The number of amides is 1. The number of fused-ring (bicyclic) bond motifs is 1. The molecule has 0 saturated carbocycles. The second kappa shape index (κ2) is 5.47. The van der Waals surface area contributed by atoms with E-state index in [4.69, 9.17) is 9.47 Å². The van der Waals surface area contributed by atoms with Gasteiger partial charge in [-0.15, -0.1) is 0 Å². The van der Waals surface area contributed by atoms with Crippen molar-refractivity contribution >= 4 is 28.7 Å². The molecule has 0 aliphatic heterocycles. The molecule has 2 N–H and O–H groups in total. The minimum atomic E-state index is -0.596. The molecule has 21 heavy (non-hydrogen) atoms. The van der Waals surface area contributed by atoms with E-state index in [0.717, 1.165) is 5.52 Å². The van der Waals surface area contributed by atoms with Crippen LogP contribution < -0.4 is 5.32 Å². The molecule has 2 rings (SSSR count). The number of H-pyrrole nitrogens is 1. The fourth-order valence-electron chi connectivity index (χ4n) is 1.97. The Kier molecular flexibility index (Phi) is 3.88. The number of hydrogen-bond acceptors (Lipinski definition) is 4. The lowest BCUT2D eigenvalue weighted by atomic mass is 10.1. The van der Waals surface area contributed by atoms with Gasteiger partial charge in [0.05, 0.1) is 18.4 Å². The predicted molar refractivity (Wildman–Crippen MR) is 79.5 cm³/mol. The van der Waals surface area contributed by atoms with Gasteiger partial charge < -0.3 is 14.5 Å². The molecule has 1 aromatic heterocycles. The van der Waals surface area contributed by atoms with Crippen LogP contribution in [-0.2, 0) is 9.47 Å². The fourth-order valence-corrected chi connectivity index (χ4v) is 1.97. The largest absolute Gasteiger partial charge is 0.465 e. The molecule has 0 aliphatic carbocycles. The van der Waals surface area contributed by atoms with Gasteiger partial charge in [-0.1, -0.05) is 6.07 Å². The van der Waals surface area contributed by atoms with E-state index in [2.05, 4.69) is 10.3 Å². The number of ether oxygens (including phenoxy) is 2. The summed E-state index contributed by atoms with van der Waals surface area (Å²) in [5, 5.41) is 3.25. The zero-order valence-corrected chi connectivity index (χ0v) is 12.4. The smallest absolute Gasteiger partial charge is 0.412 e. The molecule has 0 fully saturated rings. The van der Waals surface area contributed by atoms with Crippen LogP contribution in [0.5, 0.6) is 0 Å². The number of methoxy groups -OCH3 is 1. The normalized spacial score (nSPS) is 11.2. The van der Waals surface area contributed by atoms with Crippen LogP contribution in [0.1, 0.15) is 31.1 Å². The molecule has 1 aromatic carbocycles. The van der Waals surface area contributed by atoms with Crippen LogP contribution in [0.15, 0.2) is 24.4 Å². The van der Waals surface area contributed by atoms with Crippen LogP contribution in [0.3, 0.4) is 0 Å². The number of anilines is 1. The number of hydrogen-bond donors (Lipinski definition) is 2. The van der Waals surface area contributed by atoms with Crippen LogP contribution in [0.4, 0.5) is 10.5 Å². The molecule has 0 radical (unpaired) electrons. The third-order valence-corrected chi connectivity index (χ3v) is 2.75. The third kappa shape index (κ3) is 3.34. The summed E-state index contributed by atoms with van der Waals surface area (Å²) < 4.78 is 9.96. The van der Waals surface area contributed by atoms with Crippen LogP contribution in [0.2, 0.25) is 0 Å². The number of aromatic amines is 1. The highest BCUT2D eigenvalue weighted by Gasteiger charge is 2.19. The third-order valence-electron chi connectivity index (χ3n) is 2.75. The zero-order chi connectivity index (χ0) is 15.6. The highest BCUT2D eigenvalue weighted by molar-refractivity contribution is 6.11. The van der Waals surface area contributed by atoms with E-state index in [-0.39, 0.29) is 0 Å². The van der Waals surface area contributed by atoms with Crippen LogP contribution in [0, 0.1) is 0 Å². The van der Waals surface area contributed by atoms with Gasteiger partial charge in [0.2, 0.25) is 0 Å². The highest BCUT2D eigenvalue weighted by atomic mass is 16.6. The van der Waals surface area contributed by atoms with Gasteiger partial charge in [0.15, 0.2) is 0 Å². The second-order valence-corrected chi connectivity index (χ2v) is 5.55. The van der Waals surface area contributed by atoms with Crippen molar-refractivity contribution in [2.45, 2.75) is 26.4 Å². The molecule has 0 unspecified atom stereocenters. The van der Waals surface area contributed by atoms with Gasteiger partial charge in [0.25, 0.3) is 0 Å². The lowest BCUT2D eigenvalue weighted by Crippen LogP contribution is -2.27. The van der Waals surface area contributed by atoms with Crippen LogP contribution in [-0.4, -0.2) is 29.8 Å². The summed E-state index contributed by atoms with van der Waals surface area (Å²) in [5.74, 6) is -0.473. The molecule has 1 heterocycles. The maximum atomic E-state index is 11.9. The Labute approximate surface area is 122 Å². The molecule has 0 saturated heterocycles. The van der Waals surface area contributed by atoms with Gasteiger partial charge in [0.1, 0.15) is 5.60 Å². The predicted octanol–water partition coefficient (Wildman–Crippen LogP) is 3.30. The van der Waals surface area contributed by atoms with E-state index in [1.54, 1.807) is 39.1 Å². The lowest BCUT2D eigenvalue weighted by molar-refractivity contribution is 0.0599. The Morgan fingerprint density at radius 1 is 1.24 bits per heavy atom. The number of carbonyl (C=O) groups is 2. The van der Waals surface area contributed by atoms with Crippen molar-refractivity contribution in [2.75, 3.05) is 12.4 Å². The maximum absolute atomic E-state index is 11.9. The molecule has 0 spiro atoms. The Morgan fingerprint density at radius 2 is 1.95 bits per heavy atom. The molecule has 112 valence electrons. The van der Waals surface area contributed by atoms with Gasteiger partial charge in [-0.2, -0.15) is 0 Å². The molecule has 1 amide bonds. The Bertz CT molecular complexity index is 683. The first-order chi connectivity index (χ1) is 9.81. The topological polar surface area (TPSA) is 80.4 Å². The van der Waals surface area contributed by atoms with Gasteiger partial charge in [-0.3, -0.25) is 5.32 Å². The van der Waals surface area contributed by atoms with Gasteiger partial charge in [-0.25, -0.2) is 9.59 Å². The first-order valence-corrected chi connectivity index (χ1v) is 6.50. The summed E-state index contributed by atoms with van der Waals surface area (Å²) in [7, 11) is 1.31. The number of benzene rings is 1. The van der Waals surface area contributed by atoms with Crippen molar-refractivity contribution in [3.8, 4) is 0 Å². The average Bonchev–Trinajstić information content (AvgIpc) is 2.80. The number of aromatic nitrogens is 1. The van der Waals surface area contributed by atoms with Crippen LogP contribution in [0.25, 0.3) is 10.9 Å². The van der Waals surface area contributed by atoms with E-state index in [1.165, 1.54) is 7.11 Å². The fraction of sp³-hybridized carbons (Fsp3) is 0.333. The summed E-state index contributed by atoms with van der Waals surface area (Å²) in [6.07, 6.45) is 0.976. The quantitative estimate of drug-likeness (QED) is 0.831. The average molecular weight is 290 g/mol. The van der Waals surface area contributed by atoms with E-state index < -0.39 is 17.7 Å². The summed E-state index contributed by atoms with van der Waals surface area (Å²) in [4.78, 5) is 26.6. The standard InChI is InChI=1S/C15H18N2O4/c1-15(2,3)21-14(19)17-11-7-5-6-10-12(11)9(8-16-10)13(18)20-4/h5-8,16H,1-4H3,(H,17,19). The Balaban J connectivity index is 2.38. The summed E-state index contributed by atoms with van der Waals surface area (Å²) in [6.45, 7) is 5.34. The minimum Gasteiger partial charge on any atom is -0.465 e. The molecule has 2 aromatic rings. The summed E-state index contributed by atoms with van der Waals surface area (Å²) in [6, 6.07) is 5.28. The van der Waals surface area contributed by atoms with E-state index in [0.29, 0.717) is 16.6 Å². The zero-order valence-electron chi connectivity index (χ0n) is 12.4. The van der Waals surface area contributed by atoms with E-state index in [1.807, 2.05) is 6.07 Å². The summed E-state index contributed by atoms with van der Waals surface area (Å²) in [5.41, 5.74) is 0.980. The van der Waals surface area contributed by atoms with Crippen molar-refractivity contribution in [2.24, 2.45) is 0 Å². The van der Waals surface area contributed by atoms with Gasteiger partial charge in [-0.05, 0) is 32.9 Å². The maximum Gasteiger partial charge on any atom is 0.412 e. The van der Waals surface area contributed by atoms with E-state index in [9.17, 15) is 9.59 Å². The van der Waals surface area contributed by atoms with Gasteiger partial charge in [0, 0.05) is 17.1 Å². The number of esters is 1. The SMILES string of the molecule is COC(=O)c1c[nH]c2cccc(NC(=O)OC(C)(C)C)c12. The molecular weight excluding hydrogens is 272 g/mol. The van der Waals surface area contributed by atoms with Crippen molar-refractivity contribution in [3.05, 3.63) is 30.0 Å². The molecule has 0 bridgehead atoms. The molecule has 6 nitrogen and oxygen atoms in total.